The van der Waals surface area contributed by atoms with Crippen molar-refractivity contribution in [1.82, 2.24) is 15.2 Å². The van der Waals surface area contributed by atoms with Crippen LogP contribution in [0.2, 0.25) is 0 Å². The van der Waals surface area contributed by atoms with Crippen molar-refractivity contribution in [3.8, 4) is 5.75 Å². The zero-order chi connectivity index (χ0) is 18.9. The van der Waals surface area contributed by atoms with Gasteiger partial charge in [-0.1, -0.05) is 18.2 Å². The third-order valence-electron chi connectivity index (χ3n) is 4.85. The fourth-order valence-electron chi connectivity index (χ4n) is 3.27. The van der Waals surface area contributed by atoms with Gasteiger partial charge in [-0.05, 0) is 35.7 Å². The van der Waals surface area contributed by atoms with Crippen molar-refractivity contribution in [1.29, 1.82) is 0 Å². The van der Waals surface area contributed by atoms with Crippen LogP contribution in [0.15, 0.2) is 48.8 Å². The second-order valence-electron chi connectivity index (χ2n) is 6.60. The average Bonchev–Trinajstić information content (AvgIpc) is 2.74. The Hall–Kier alpha value is -2.44. The summed E-state index contributed by atoms with van der Waals surface area (Å²) >= 11 is 0. The summed E-state index contributed by atoms with van der Waals surface area (Å²) in [5, 5.41) is 3.10. The third kappa shape index (κ3) is 5.77. The number of hydrogen-bond donors (Lipinski definition) is 1. The monoisotopic (exact) mass is 369 g/mol. The largest absolute Gasteiger partial charge is 0.497 e. The molecule has 3 rings (SSSR count). The zero-order valence-electron chi connectivity index (χ0n) is 15.8. The van der Waals surface area contributed by atoms with E-state index in [0.29, 0.717) is 19.4 Å². The summed E-state index contributed by atoms with van der Waals surface area (Å²) in [6, 6.07) is 12.0. The molecule has 0 saturated carbocycles. The lowest BCUT2D eigenvalue weighted by Gasteiger charge is -2.34. The lowest BCUT2D eigenvalue weighted by molar-refractivity contribution is -0.121. The number of ether oxygens (including phenoxy) is 2. The molecule has 2 heterocycles. The molecule has 6 heteroatoms. The van der Waals surface area contributed by atoms with Crippen molar-refractivity contribution in [3.63, 3.8) is 0 Å². The summed E-state index contributed by atoms with van der Waals surface area (Å²) in [6.45, 7) is 3.75. The predicted octanol–water partition coefficient (Wildman–Crippen LogP) is 2.21. The number of rotatable bonds is 8. The third-order valence-corrected chi connectivity index (χ3v) is 4.85. The normalized spacial score (nSPS) is 15.9. The van der Waals surface area contributed by atoms with Crippen LogP contribution in [0.5, 0.6) is 5.75 Å². The lowest BCUT2D eigenvalue weighted by atomic mass is 10.1. The van der Waals surface area contributed by atoms with E-state index in [0.717, 1.165) is 43.2 Å². The first kappa shape index (κ1) is 19.3. The van der Waals surface area contributed by atoms with E-state index in [4.69, 9.17) is 9.47 Å². The molecule has 144 valence electrons. The Morgan fingerprint density at radius 1 is 1.26 bits per heavy atom. The molecular formula is C21H27N3O3. The first-order valence-corrected chi connectivity index (χ1v) is 9.37. The van der Waals surface area contributed by atoms with Gasteiger partial charge in [0, 0.05) is 38.4 Å². The number of aromatic nitrogens is 1. The van der Waals surface area contributed by atoms with Crippen LogP contribution in [0, 0.1) is 0 Å². The van der Waals surface area contributed by atoms with Gasteiger partial charge in [0.1, 0.15) is 5.75 Å². The lowest BCUT2D eigenvalue weighted by Crippen LogP contribution is -2.43. The molecule has 27 heavy (non-hydrogen) atoms. The summed E-state index contributed by atoms with van der Waals surface area (Å²) in [5.74, 6) is 0.890. The van der Waals surface area contributed by atoms with Gasteiger partial charge in [-0.2, -0.15) is 0 Å². The van der Waals surface area contributed by atoms with E-state index in [9.17, 15) is 4.79 Å². The highest BCUT2D eigenvalue weighted by Crippen LogP contribution is 2.20. The van der Waals surface area contributed by atoms with Crippen LogP contribution in [0.3, 0.4) is 0 Å². The second-order valence-corrected chi connectivity index (χ2v) is 6.60. The molecule has 1 aromatic heterocycles. The van der Waals surface area contributed by atoms with E-state index in [1.807, 2.05) is 36.5 Å². The van der Waals surface area contributed by atoms with Crippen molar-refractivity contribution >= 4 is 5.91 Å². The van der Waals surface area contributed by atoms with Gasteiger partial charge in [-0.15, -0.1) is 0 Å². The number of pyridine rings is 1. The van der Waals surface area contributed by atoms with E-state index in [1.54, 1.807) is 13.3 Å². The number of methoxy groups -OCH3 is 1. The number of nitrogens with zero attached hydrogens (tertiary/aromatic N) is 2. The molecule has 1 fully saturated rings. The molecule has 1 unspecified atom stereocenters. The Balaban J connectivity index is 1.53. The Bertz CT molecular complexity index is 700. The Morgan fingerprint density at radius 3 is 2.70 bits per heavy atom. The number of aryl methyl sites for hydroxylation is 1. The van der Waals surface area contributed by atoms with Gasteiger partial charge < -0.3 is 14.8 Å². The van der Waals surface area contributed by atoms with E-state index in [-0.39, 0.29) is 11.9 Å². The van der Waals surface area contributed by atoms with Crippen LogP contribution in [-0.2, 0) is 16.0 Å². The van der Waals surface area contributed by atoms with Gasteiger partial charge >= 0.3 is 0 Å². The maximum atomic E-state index is 12.4. The van der Waals surface area contributed by atoms with Crippen LogP contribution in [0.25, 0.3) is 0 Å². The Morgan fingerprint density at radius 2 is 2.04 bits per heavy atom. The quantitative estimate of drug-likeness (QED) is 0.773. The number of morpholine rings is 1. The minimum absolute atomic E-state index is 0.0629. The summed E-state index contributed by atoms with van der Waals surface area (Å²) in [7, 11) is 1.65. The maximum absolute atomic E-state index is 12.4. The summed E-state index contributed by atoms with van der Waals surface area (Å²) < 4.78 is 10.6. The average molecular weight is 369 g/mol. The van der Waals surface area contributed by atoms with Crippen LogP contribution in [0.1, 0.15) is 23.6 Å². The van der Waals surface area contributed by atoms with E-state index < -0.39 is 0 Å². The van der Waals surface area contributed by atoms with Crippen LogP contribution < -0.4 is 10.1 Å². The minimum Gasteiger partial charge on any atom is -0.497 e. The van der Waals surface area contributed by atoms with E-state index in [1.165, 1.54) is 0 Å². The maximum Gasteiger partial charge on any atom is 0.220 e. The van der Waals surface area contributed by atoms with E-state index >= 15 is 0 Å². The second kappa shape index (κ2) is 10.0. The topological polar surface area (TPSA) is 63.7 Å². The van der Waals surface area contributed by atoms with Crippen LogP contribution in [0.4, 0.5) is 0 Å². The van der Waals surface area contributed by atoms with Gasteiger partial charge in [0.2, 0.25) is 5.91 Å². The molecule has 0 spiro atoms. The first-order chi connectivity index (χ1) is 13.3. The molecule has 1 atom stereocenters. The van der Waals surface area contributed by atoms with Gasteiger partial charge in [0.05, 0.1) is 26.4 Å². The molecule has 6 nitrogen and oxygen atoms in total. The molecule has 1 aliphatic rings. The number of amides is 1. The molecule has 0 aliphatic carbocycles. The minimum atomic E-state index is 0.0629. The number of carbonyl (C=O) groups is 1. The molecule has 1 saturated heterocycles. The SMILES string of the molecule is COc1ccc(CCC(=O)NCC(c2cccnc2)N2CCOCC2)cc1. The standard InChI is InChI=1S/C21H27N3O3/c1-26-19-7-4-17(5-8-19)6-9-21(25)23-16-20(18-3-2-10-22-15-18)24-11-13-27-14-12-24/h2-5,7-8,10,15,20H,6,9,11-14,16H2,1H3,(H,23,25). The summed E-state index contributed by atoms with van der Waals surface area (Å²) in [6.07, 6.45) is 4.83. The number of carbonyl (C=O) groups excluding carboxylic acids is 1. The molecular weight excluding hydrogens is 342 g/mol. The van der Waals surface area contributed by atoms with E-state index in [2.05, 4.69) is 21.3 Å². The highest BCUT2D eigenvalue weighted by molar-refractivity contribution is 5.76. The number of benzene rings is 1. The van der Waals surface area contributed by atoms with Crippen molar-refractivity contribution in [3.05, 3.63) is 59.9 Å². The van der Waals surface area contributed by atoms with Crippen molar-refractivity contribution < 1.29 is 14.3 Å². The summed E-state index contributed by atoms with van der Waals surface area (Å²) in [4.78, 5) is 19.0. The number of nitrogens with one attached hydrogen (secondary N) is 1. The molecule has 0 bridgehead atoms. The van der Waals surface area contributed by atoms with Gasteiger partial charge in [-0.3, -0.25) is 14.7 Å². The first-order valence-electron chi connectivity index (χ1n) is 9.37. The highest BCUT2D eigenvalue weighted by atomic mass is 16.5. The van der Waals surface area contributed by atoms with Crippen molar-refractivity contribution in [2.45, 2.75) is 18.9 Å². The molecule has 1 aromatic carbocycles. The summed E-state index contributed by atoms with van der Waals surface area (Å²) in [5.41, 5.74) is 2.25. The molecule has 1 amide bonds. The molecule has 1 N–H and O–H groups in total. The number of hydrogen-bond acceptors (Lipinski definition) is 5. The highest BCUT2D eigenvalue weighted by Gasteiger charge is 2.23. The van der Waals surface area contributed by atoms with Crippen molar-refractivity contribution in [2.24, 2.45) is 0 Å². The van der Waals surface area contributed by atoms with Crippen molar-refractivity contribution in [2.75, 3.05) is 40.0 Å². The Kier molecular flexibility index (Phi) is 7.19. The molecule has 2 aromatic rings. The predicted molar refractivity (Wildman–Crippen MR) is 104 cm³/mol. The van der Waals surface area contributed by atoms with Gasteiger partial charge in [-0.25, -0.2) is 0 Å². The smallest absolute Gasteiger partial charge is 0.220 e. The van der Waals surface area contributed by atoms with Gasteiger partial charge in [0.15, 0.2) is 0 Å². The van der Waals surface area contributed by atoms with Gasteiger partial charge in [0.25, 0.3) is 0 Å². The fraction of sp³-hybridized carbons (Fsp3) is 0.429. The van der Waals surface area contributed by atoms with Crippen LogP contribution in [-0.4, -0.2) is 55.7 Å². The molecule has 0 radical (unpaired) electrons. The van der Waals surface area contributed by atoms with Crippen LogP contribution >= 0.6 is 0 Å². The molecule has 1 aliphatic heterocycles. The zero-order valence-corrected chi connectivity index (χ0v) is 15.8. The Labute approximate surface area is 160 Å². The fourth-order valence-corrected chi connectivity index (χ4v) is 3.27.